The van der Waals surface area contributed by atoms with Crippen molar-refractivity contribution in [2.75, 3.05) is 18.1 Å². The van der Waals surface area contributed by atoms with Crippen LogP contribution < -0.4 is 5.32 Å². The highest BCUT2D eigenvalue weighted by atomic mass is 32.2. The van der Waals surface area contributed by atoms with Gasteiger partial charge in [0, 0.05) is 0 Å². The van der Waals surface area contributed by atoms with Crippen molar-refractivity contribution in [3.63, 3.8) is 0 Å². The predicted octanol–water partition coefficient (Wildman–Crippen LogP) is 0.811. The van der Waals surface area contributed by atoms with Crippen LogP contribution in [-0.2, 0) is 16.4 Å². The fraction of sp³-hybridized carbons (Fsp3) is 0.583. The Balaban J connectivity index is 1.83. The summed E-state index contributed by atoms with van der Waals surface area (Å²) in [5, 5.41) is 12.0. The number of furan rings is 1. The van der Waals surface area contributed by atoms with Gasteiger partial charge in [0.1, 0.15) is 17.1 Å². The first-order valence-electron chi connectivity index (χ1n) is 6.11. The average Bonchev–Trinajstić information content (AvgIpc) is 2.82. The molecule has 1 atom stereocenters. The van der Waals surface area contributed by atoms with Gasteiger partial charge in [0.2, 0.25) is 0 Å². The van der Waals surface area contributed by atoms with Crippen molar-refractivity contribution < 1.29 is 22.7 Å². The van der Waals surface area contributed by atoms with Crippen LogP contribution in [0, 0.1) is 12.8 Å². The zero-order chi connectivity index (χ0) is 14.0. The third-order valence-electron chi connectivity index (χ3n) is 3.26. The molecule has 1 unspecified atom stereocenters. The van der Waals surface area contributed by atoms with Gasteiger partial charge in [0.15, 0.2) is 9.84 Å². The van der Waals surface area contributed by atoms with Crippen LogP contribution in [0.25, 0.3) is 0 Å². The van der Waals surface area contributed by atoms with E-state index < -0.39 is 15.8 Å². The maximum Gasteiger partial charge on any atom is 0.339 e. The number of hydrogen-bond acceptors (Lipinski definition) is 5. The summed E-state index contributed by atoms with van der Waals surface area (Å²) in [6, 6.07) is 1.50. The molecule has 0 aliphatic carbocycles. The van der Waals surface area contributed by atoms with Crippen LogP contribution in [0.15, 0.2) is 10.5 Å². The van der Waals surface area contributed by atoms with Crippen molar-refractivity contribution in [3.05, 3.63) is 23.2 Å². The Bertz CT molecular complexity index is 575. The maximum absolute atomic E-state index is 11.3. The van der Waals surface area contributed by atoms with Gasteiger partial charge in [-0.05, 0) is 31.9 Å². The van der Waals surface area contributed by atoms with Crippen molar-refractivity contribution in [2.24, 2.45) is 5.92 Å². The average molecular weight is 287 g/mol. The monoisotopic (exact) mass is 287 g/mol. The van der Waals surface area contributed by atoms with Crippen LogP contribution in [0.2, 0.25) is 0 Å². The van der Waals surface area contributed by atoms with Crippen molar-refractivity contribution in [3.8, 4) is 0 Å². The number of nitrogens with one attached hydrogen (secondary N) is 1. The molecule has 106 valence electrons. The molecule has 1 saturated heterocycles. The van der Waals surface area contributed by atoms with E-state index in [2.05, 4.69) is 5.32 Å². The van der Waals surface area contributed by atoms with Gasteiger partial charge in [0.25, 0.3) is 0 Å². The molecule has 0 bridgehead atoms. The fourth-order valence-corrected chi connectivity index (χ4v) is 4.14. The van der Waals surface area contributed by atoms with Gasteiger partial charge in [-0.3, -0.25) is 0 Å². The fourth-order valence-electron chi connectivity index (χ4n) is 2.28. The van der Waals surface area contributed by atoms with Crippen molar-refractivity contribution in [1.82, 2.24) is 5.32 Å². The molecule has 1 aliphatic heterocycles. The van der Waals surface area contributed by atoms with Crippen LogP contribution in [0.4, 0.5) is 0 Å². The van der Waals surface area contributed by atoms with Crippen LogP contribution in [0.5, 0.6) is 0 Å². The lowest BCUT2D eigenvalue weighted by Crippen LogP contribution is -2.23. The molecule has 0 radical (unpaired) electrons. The Morgan fingerprint density at radius 2 is 2.32 bits per heavy atom. The largest absolute Gasteiger partial charge is 0.478 e. The molecule has 2 rings (SSSR count). The van der Waals surface area contributed by atoms with Gasteiger partial charge < -0.3 is 14.8 Å². The molecule has 0 saturated carbocycles. The Kier molecular flexibility index (Phi) is 3.96. The van der Waals surface area contributed by atoms with E-state index in [1.165, 1.54) is 6.07 Å². The number of carbonyl (C=O) groups is 1. The van der Waals surface area contributed by atoms with Gasteiger partial charge in [-0.15, -0.1) is 0 Å². The SMILES string of the molecule is Cc1oc(CNCC2CCS(=O)(=O)C2)cc1C(=O)O. The van der Waals surface area contributed by atoms with E-state index in [0.29, 0.717) is 31.0 Å². The quantitative estimate of drug-likeness (QED) is 0.832. The number of hydrogen-bond donors (Lipinski definition) is 2. The standard InChI is InChI=1S/C12H17NO5S/c1-8-11(12(14)15)4-10(18-8)6-13-5-9-2-3-19(16,17)7-9/h4,9,13H,2-3,5-7H2,1H3,(H,14,15). The first-order chi connectivity index (χ1) is 8.87. The number of sulfone groups is 1. The Hall–Kier alpha value is -1.34. The van der Waals surface area contributed by atoms with Crippen LogP contribution in [0.3, 0.4) is 0 Å². The molecule has 2 heterocycles. The van der Waals surface area contributed by atoms with Crippen molar-refractivity contribution in [1.29, 1.82) is 0 Å². The van der Waals surface area contributed by atoms with Gasteiger partial charge in [-0.2, -0.15) is 0 Å². The number of aryl methyl sites for hydroxylation is 1. The summed E-state index contributed by atoms with van der Waals surface area (Å²) >= 11 is 0. The van der Waals surface area contributed by atoms with E-state index in [1.807, 2.05) is 0 Å². The summed E-state index contributed by atoms with van der Waals surface area (Å²) in [7, 11) is -2.85. The van der Waals surface area contributed by atoms with Gasteiger partial charge >= 0.3 is 5.97 Å². The Labute approximate surface area is 111 Å². The van der Waals surface area contributed by atoms with Gasteiger partial charge in [-0.25, -0.2) is 13.2 Å². The summed E-state index contributed by atoms with van der Waals surface area (Å²) in [6.07, 6.45) is 0.687. The molecule has 0 aromatic carbocycles. The molecule has 1 aliphatic rings. The molecule has 0 amide bonds. The summed E-state index contributed by atoms with van der Waals surface area (Å²) in [5.41, 5.74) is 0.167. The predicted molar refractivity (Wildman–Crippen MR) is 68.9 cm³/mol. The molecular formula is C12H17NO5S. The number of rotatable bonds is 5. The lowest BCUT2D eigenvalue weighted by molar-refractivity contribution is 0.0695. The van der Waals surface area contributed by atoms with Crippen molar-refractivity contribution >= 4 is 15.8 Å². The third-order valence-corrected chi connectivity index (χ3v) is 5.10. The molecule has 0 spiro atoms. The van der Waals surface area contributed by atoms with E-state index in [4.69, 9.17) is 9.52 Å². The summed E-state index contributed by atoms with van der Waals surface area (Å²) in [6.45, 7) is 2.61. The highest BCUT2D eigenvalue weighted by Crippen LogP contribution is 2.18. The zero-order valence-electron chi connectivity index (χ0n) is 10.7. The second kappa shape index (κ2) is 5.34. The molecular weight excluding hydrogens is 270 g/mol. The van der Waals surface area contributed by atoms with E-state index in [9.17, 15) is 13.2 Å². The minimum Gasteiger partial charge on any atom is -0.478 e. The smallest absolute Gasteiger partial charge is 0.339 e. The first kappa shape index (κ1) is 14.1. The molecule has 1 aromatic rings. The first-order valence-corrected chi connectivity index (χ1v) is 7.93. The summed E-state index contributed by atoms with van der Waals surface area (Å²) in [5.74, 6) is 0.567. The van der Waals surface area contributed by atoms with Gasteiger partial charge in [0.05, 0.1) is 18.1 Å². The van der Waals surface area contributed by atoms with Crippen LogP contribution in [-0.4, -0.2) is 37.5 Å². The highest BCUT2D eigenvalue weighted by Gasteiger charge is 2.27. The van der Waals surface area contributed by atoms with E-state index in [1.54, 1.807) is 6.92 Å². The third kappa shape index (κ3) is 3.57. The molecule has 7 heteroatoms. The topological polar surface area (TPSA) is 96.6 Å². The highest BCUT2D eigenvalue weighted by molar-refractivity contribution is 7.91. The number of carboxylic acids is 1. The molecule has 6 nitrogen and oxygen atoms in total. The Morgan fingerprint density at radius 3 is 2.84 bits per heavy atom. The molecule has 1 fully saturated rings. The minimum atomic E-state index is -2.85. The van der Waals surface area contributed by atoms with Crippen LogP contribution >= 0.6 is 0 Å². The zero-order valence-corrected chi connectivity index (χ0v) is 11.5. The van der Waals surface area contributed by atoms with Gasteiger partial charge in [-0.1, -0.05) is 0 Å². The maximum atomic E-state index is 11.3. The summed E-state index contributed by atoms with van der Waals surface area (Å²) < 4.78 is 27.9. The van der Waals surface area contributed by atoms with Crippen molar-refractivity contribution in [2.45, 2.75) is 19.9 Å². The second-order valence-electron chi connectivity index (χ2n) is 4.89. The molecule has 2 N–H and O–H groups in total. The Morgan fingerprint density at radius 1 is 1.58 bits per heavy atom. The van der Waals surface area contributed by atoms with E-state index in [-0.39, 0.29) is 23.0 Å². The normalized spacial score (nSPS) is 21.6. The van der Waals surface area contributed by atoms with E-state index >= 15 is 0 Å². The summed E-state index contributed by atoms with van der Waals surface area (Å²) in [4.78, 5) is 10.8. The number of aromatic carboxylic acids is 1. The molecule has 1 aromatic heterocycles. The number of carboxylic acid groups (broad SMARTS) is 1. The minimum absolute atomic E-state index is 0.139. The van der Waals surface area contributed by atoms with Crippen LogP contribution in [0.1, 0.15) is 28.3 Å². The lowest BCUT2D eigenvalue weighted by Gasteiger charge is -2.07. The second-order valence-corrected chi connectivity index (χ2v) is 7.12. The lowest BCUT2D eigenvalue weighted by atomic mass is 10.1. The molecule has 19 heavy (non-hydrogen) atoms. The van der Waals surface area contributed by atoms with E-state index in [0.717, 1.165) is 0 Å².